The molecule has 1 aliphatic rings. The Bertz CT molecular complexity index is 1200. The van der Waals surface area contributed by atoms with Crippen molar-refractivity contribution in [1.29, 1.82) is 0 Å². The van der Waals surface area contributed by atoms with Crippen LogP contribution in [0, 0.1) is 13.8 Å². The lowest BCUT2D eigenvalue weighted by Gasteiger charge is -2.34. The van der Waals surface area contributed by atoms with E-state index in [0.29, 0.717) is 22.8 Å². The van der Waals surface area contributed by atoms with E-state index < -0.39 is 10.1 Å². The predicted molar refractivity (Wildman–Crippen MR) is 141 cm³/mol. The van der Waals surface area contributed by atoms with Crippen LogP contribution in [0.2, 0.25) is 0 Å². The third-order valence-corrected chi connectivity index (χ3v) is 8.35. The summed E-state index contributed by atoms with van der Waals surface area (Å²) in [6.45, 7) is 5.11. The van der Waals surface area contributed by atoms with Gasteiger partial charge < -0.3 is 20.7 Å². The van der Waals surface area contributed by atoms with Crippen LogP contribution in [0.15, 0.2) is 52.7 Å². The highest BCUT2D eigenvalue weighted by Crippen LogP contribution is 2.26. The van der Waals surface area contributed by atoms with E-state index in [1.807, 2.05) is 19.2 Å². The molecule has 0 bridgehead atoms. The number of nitrogens with zero attached hydrogens (tertiary/aromatic N) is 1. The normalized spacial score (nSPS) is 17.9. The third kappa shape index (κ3) is 7.49. The van der Waals surface area contributed by atoms with Gasteiger partial charge in [0.2, 0.25) is 0 Å². The summed E-state index contributed by atoms with van der Waals surface area (Å²) in [7, 11) is -0.388. The zero-order valence-electron chi connectivity index (χ0n) is 20.5. The van der Waals surface area contributed by atoms with Gasteiger partial charge in [-0.25, -0.2) is 4.98 Å². The van der Waals surface area contributed by atoms with E-state index in [1.54, 1.807) is 21.0 Å². The molecule has 0 spiro atoms. The van der Waals surface area contributed by atoms with Crippen LogP contribution in [0.1, 0.15) is 40.7 Å². The zero-order chi connectivity index (χ0) is 25.4. The number of anilines is 1. The van der Waals surface area contributed by atoms with E-state index >= 15 is 0 Å². The van der Waals surface area contributed by atoms with Crippen molar-refractivity contribution in [3.8, 4) is 5.75 Å². The molecule has 1 aromatic heterocycles. The Balaban J connectivity index is 0.000000261. The van der Waals surface area contributed by atoms with Crippen molar-refractivity contribution in [2.24, 2.45) is 0 Å². The first-order valence-electron chi connectivity index (χ1n) is 11.5. The van der Waals surface area contributed by atoms with Gasteiger partial charge in [0.15, 0.2) is 4.21 Å². The molecule has 8 nitrogen and oxygen atoms in total. The Labute approximate surface area is 211 Å². The van der Waals surface area contributed by atoms with Crippen LogP contribution in [-0.4, -0.2) is 44.7 Å². The second-order valence-electron chi connectivity index (χ2n) is 8.33. The van der Waals surface area contributed by atoms with Gasteiger partial charge in [0.25, 0.3) is 0 Å². The lowest BCUT2D eigenvalue weighted by Crippen LogP contribution is -2.45. The third-order valence-electron chi connectivity index (χ3n) is 5.84. The standard InChI is InChI=1S/C20H27N3O.C5H7NO3S2/c1-21-17-10-11-19(24-2)16(13-17)14-23-18-9-6-12-22-20(18)15-7-4-3-5-8-15;1-3-5(11(7,8)9)10-4(2)6-3/h3-5,7-8,10-11,13,18,20-23H,6,9,12,14H2,1-2H3;1-2H3,(H,7,8,9)/t18-,20-;/m0./s1. The molecule has 35 heavy (non-hydrogen) atoms. The van der Waals surface area contributed by atoms with E-state index in [9.17, 15) is 8.42 Å². The highest BCUT2D eigenvalue weighted by atomic mass is 32.3. The molecule has 0 amide bonds. The van der Waals surface area contributed by atoms with Gasteiger partial charge in [0, 0.05) is 36.9 Å². The van der Waals surface area contributed by atoms with Gasteiger partial charge in [-0.05, 0) is 57.0 Å². The summed E-state index contributed by atoms with van der Waals surface area (Å²) in [6, 6.07) is 17.7. The van der Waals surface area contributed by atoms with Gasteiger partial charge in [-0.15, -0.1) is 11.3 Å². The molecule has 4 rings (SSSR count). The fourth-order valence-corrected chi connectivity index (χ4v) is 6.03. The minimum atomic E-state index is -4.06. The SMILES string of the molecule is CNc1ccc(OC)c(CN[C@H]2CCCN[C@H]2c2ccccc2)c1.Cc1nc(C)c(S(=O)(=O)O)s1. The van der Waals surface area contributed by atoms with E-state index in [0.717, 1.165) is 35.9 Å². The number of benzene rings is 2. The molecule has 0 radical (unpaired) electrons. The van der Waals surface area contributed by atoms with Crippen LogP contribution >= 0.6 is 11.3 Å². The van der Waals surface area contributed by atoms with Crippen LogP contribution in [0.25, 0.3) is 0 Å². The maximum atomic E-state index is 10.6. The Morgan fingerprint density at radius 2 is 1.94 bits per heavy atom. The number of nitrogens with one attached hydrogen (secondary N) is 3. The fourth-order valence-electron chi connectivity index (χ4n) is 4.18. The van der Waals surface area contributed by atoms with Crippen molar-refractivity contribution in [2.45, 2.75) is 49.5 Å². The maximum absolute atomic E-state index is 10.6. The van der Waals surface area contributed by atoms with Crippen LogP contribution in [0.3, 0.4) is 0 Å². The Hall–Kier alpha value is -2.50. The highest BCUT2D eigenvalue weighted by molar-refractivity contribution is 7.88. The lowest BCUT2D eigenvalue weighted by molar-refractivity contribution is 0.303. The first-order chi connectivity index (χ1) is 16.7. The minimum Gasteiger partial charge on any atom is -0.496 e. The minimum absolute atomic E-state index is 0.0602. The molecule has 2 heterocycles. The number of hydrogen-bond acceptors (Lipinski definition) is 8. The predicted octanol–water partition coefficient (Wildman–Crippen LogP) is 4.33. The van der Waals surface area contributed by atoms with Crippen LogP contribution < -0.4 is 20.7 Å². The van der Waals surface area contributed by atoms with E-state index in [2.05, 4.69) is 57.3 Å². The first-order valence-corrected chi connectivity index (χ1v) is 13.8. The summed E-state index contributed by atoms with van der Waals surface area (Å²) in [5.74, 6) is 0.932. The van der Waals surface area contributed by atoms with Crippen molar-refractivity contribution < 1.29 is 17.7 Å². The number of hydrogen-bond donors (Lipinski definition) is 4. The van der Waals surface area contributed by atoms with Gasteiger partial charge in [-0.2, -0.15) is 8.42 Å². The van der Waals surface area contributed by atoms with Crippen molar-refractivity contribution in [2.75, 3.05) is 26.0 Å². The highest BCUT2D eigenvalue weighted by Gasteiger charge is 2.25. The summed E-state index contributed by atoms with van der Waals surface area (Å²) in [4.78, 5) is 3.86. The molecule has 190 valence electrons. The molecule has 3 aromatic rings. The van der Waals surface area contributed by atoms with Gasteiger partial charge in [-0.3, -0.25) is 4.55 Å². The van der Waals surface area contributed by atoms with E-state index in [1.165, 1.54) is 24.0 Å². The van der Waals surface area contributed by atoms with Crippen molar-refractivity contribution in [1.82, 2.24) is 15.6 Å². The first kappa shape index (κ1) is 27.1. The Morgan fingerprint density at radius 1 is 1.20 bits per heavy atom. The summed E-state index contributed by atoms with van der Waals surface area (Å²) >= 11 is 0.972. The molecule has 0 saturated carbocycles. The van der Waals surface area contributed by atoms with Crippen LogP contribution in [0.5, 0.6) is 5.75 Å². The zero-order valence-corrected chi connectivity index (χ0v) is 22.2. The van der Waals surface area contributed by atoms with Gasteiger partial charge in [0.05, 0.1) is 17.8 Å². The van der Waals surface area contributed by atoms with Gasteiger partial charge >= 0.3 is 10.1 Å². The van der Waals surface area contributed by atoms with Crippen molar-refractivity contribution >= 4 is 27.1 Å². The molecule has 2 atom stereocenters. The Kier molecular flexibility index (Phi) is 9.64. The number of piperidine rings is 1. The summed E-state index contributed by atoms with van der Waals surface area (Å²) < 4.78 is 35.3. The number of methoxy groups -OCH3 is 1. The monoisotopic (exact) mass is 518 g/mol. The molecule has 4 N–H and O–H groups in total. The smallest absolute Gasteiger partial charge is 0.305 e. The summed E-state index contributed by atoms with van der Waals surface area (Å²) in [5, 5.41) is 11.2. The second kappa shape index (κ2) is 12.5. The quantitative estimate of drug-likeness (QED) is 0.342. The molecule has 2 aromatic carbocycles. The molecule has 1 saturated heterocycles. The number of ether oxygens (including phenoxy) is 1. The average Bonchev–Trinajstić information content (AvgIpc) is 3.22. The lowest BCUT2D eigenvalue weighted by atomic mass is 9.92. The van der Waals surface area contributed by atoms with E-state index in [4.69, 9.17) is 9.29 Å². The van der Waals surface area contributed by atoms with Crippen LogP contribution in [-0.2, 0) is 16.7 Å². The molecule has 0 aliphatic carbocycles. The van der Waals surface area contributed by atoms with Crippen molar-refractivity contribution in [3.05, 3.63) is 70.4 Å². The average molecular weight is 519 g/mol. The largest absolute Gasteiger partial charge is 0.496 e. The number of thiazole rings is 1. The summed E-state index contributed by atoms with van der Waals surface area (Å²) in [5.41, 5.74) is 4.00. The van der Waals surface area contributed by atoms with Crippen molar-refractivity contribution in [3.63, 3.8) is 0 Å². The number of aromatic nitrogens is 1. The Morgan fingerprint density at radius 3 is 2.51 bits per heavy atom. The van der Waals surface area contributed by atoms with Gasteiger partial charge in [0.1, 0.15) is 5.75 Å². The number of rotatable bonds is 7. The molecular formula is C25H34N4O4S2. The topological polar surface area (TPSA) is 113 Å². The number of aryl methyl sites for hydroxylation is 2. The van der Waals surface area contributed by atoms with Gasteiger partial charge in [-0.1, -0.05) is 30.3 Å². The molecular weight excluding hydrogens is 484 g/mol. The maximum Gasteiger partial charge on any atom is 0.305 e. The fraction of sp³-hybridized carbons (Fsp3) is 0.400. The van der Waals surface area contributed by atoms with Crippen LogP contribution in [0.4, 0.5) is 5.69 Å². The second-order valence-corrected chi connectivity index (χ2v) is 11.1. The molecule has 1 fully saturated rings. The molecule has 0 unspecified atom stereocenters. The van der Waals surface area contributed by atoms with E-state index in [-0.39, 0.29) is 4.21 Å². The summed E-state index contributed by atoms with van der Waals surface area (Å²) in [6.07, 6.45) is 2.38. The molecule has 10 heteroatoms. The molecule has 1 aliphatic heterocycles.